The van der Waals surface area contributed by atoms with E-state index in [0.29, 0.717) is 29.7 Å². The van der Waals surface area contributed by atoms with Crippen LogP contribution in [0.25, 0.3) is 0 Å². The Bertz CT molecular complexity index is 617. The number of nitrogens with zero attached hydrogens (tertiary/aromatic N) is 3. The first kappa shape index (κ1) is 18.2. The first-order valence-corrected chi connectivity index (χ1v) is 8.73. The Morgan fingerprint density at radius 1 is 1.56 bits per heavy atom. The molecule has 0 unspecified atom stereocenters. The second-order valence-corrected chi connectivity index (χ2v) is 7.26. The Balaban J connectivity index is 1.81. The molecule has 2 amide bonds. The van der Waals surface area contributed by atoms with Crippen LogP contribution >= 0.6 is 11.3 Å². The van der Waals surface area contributed by atoms with Crippen LogP contribution in [0.15, 0.2) is 6.20 Å². The number of thiazole rings is 1. The van der Waals surface area contributed by atoms with Gasteiger partial charge >= 0.3 is 6.03 Å². The van der Waals surface area contributed by atoms with Gasteiger partial charge in [-0.15, -0.1) is 11.3 Å². The molecule has 2 saturated heterocycles. The SMILES string of the molecule is Nc1ncc([C@@H](CN2CCO[C@H](CF)C2)N2CC(F)(F)CNC2=O)s1. The fraction of sp³-hybridized carbons (Fsp3) is 0.714. The predicted octanol–water partition coefficient (Wildman–Crippen LogP) is 1.10. The van der Waals surface area contributed by atoms with E-state index < -0.39 is 43.9 Å². The van der Waals surface area contributed by atoms with Crippen LogP contribution in [0, 0.1) is 0 Å². The summed E-state index contributed by atoms with van der Waals surface area (Å²) < 4.78 is 45.8. The average Bonchev–Trinajstić information content (AvgIpc) is 3.01. The zero-order valence-corrected chi connectivity index (χ0v) is 14.3. The summed E-state index contributed by atoms with van der Waals surface area (Å²) in [5, 5.41) is 2.52. The molecule has 0 spiro atoms. The van der Waals surface area contributed by atoms with Crippen LogP contribution in [-0.2, 0) is 4.74 Å². The van der Waals surface area contributed by atoms with E-state index >= 15 is 0 Å². The van der Waals surface area contributed by atoms with E-state index in [1.165, 1.54) is 6.20 Å². The number of hydrogen-bond donors (Lipinski definition) is 2. The van der Waals surface area contributed by atoms with Gasteiger partial charge in [-0.2, -0.15) is 0 Å². The fourth-order valence-corrected chi connectivity index (χ4v) is 3.81. The van der Waals surface area contributed by atoms with Gasteiger partial charge in [-0.05, 0) is 0 Å². The number of nitrogen functional groups attached to an aromatic ring is 1. The molecule has 2 aliphatic heterocycles. The molecule has 0 aromatic carbocycles. The Morgan fingerprint density at radius 3 is 3.04 bits per heavy atom. The third-order valence-electron chi connectivity index (χ3n) is 4.23. The van der Waals surface area contributed by atoms with E-state index in [1.54, 1.807) is 0 Å². The van der Waals surface area contributed by atoms with Crippen LogP contribution in [-0.4, -0.2) is 78.8 Å². The van der Waals surface area contributed by atoms with Crippen LogP contribution < -0.4 is 11.1 Å². The van der Waals surface area contributed by atoms with Crippen molar-refractivity contribution in [3.05, 3.63) is 11.1 Å². The van der Waals surface area contributed by atoms with Crippen molar-refractivity contribution < 1.29 is 22.7 Å². The number of alkyl halides is 3. The summed E-state index contributed by atoms with van der Waals surface area (Å²) in [6, 6.07) is -1.20. The van der Waals surface area contributed by atoms with Gasteiger partial charge in [0.1, 0.15) is 6.67 Å². The highest BCUT2D eigenvalue weighted by Gasteiger charge is 2.43. The molecular weight excluding hydrogens is 359 g/mol. The molecule has 2 fully saturated rings. The normalized spacial score (nSPS) is 25.6. The lowest BCUT2D eigenvalue weighted by atomic mass is 10.1. The van der Waals surface area contributed by atoms with Crippen molar-refractivity contribution in [2.75, 3.05) is 51.7 Å². The summed E-state index contributed by atoms with van der Waals surface area (Å²) >= 11 is 1.15. The van der Waals surface area contributed by atoms with E-state index in [9.17, 15) is 18.0 Å². The summed E-state index contributed by atoms with van der Waals surface area (Å²) in [6.45, 7) is -0.462. The number of carbonyl (C=O) groups is 1. The summed E-state index contributed by atoms with van der Waals surface area (Å²) in [7, 11) is 0. The standard InChI is InChI=1S/C14H20F3N5O2S/c15-3-9-5-21(1-2-24-9)6-10(11-4-19-12(18)25-11)22-8-14(16,17)7-20-13(22)23/h4,9-10H,1-3,5-8H2,(H2,18,19)(H,20,23)/t9-,10-/m1/s1. The van der Waals surface area contributed by atoms with Crippen molar-refractivity contribution in [1.29, 1.82) is 0 Å². The van der Waals surface area contributed by atoms with E-state index in [0.717, 1.165) is 16.2 Å². The monoisotopic (exact) mass is 379 g/mol. The summed E-state index contributed by atoms with van der Waals surface area (Å²) in [5.74, 6) is -3.02. The molecule has 2 aliphatic rings. The smallest absolute Gasteiger partial charge is 0.318 e. The number of aromatic nitrogens is 1. The minimum Gasteiger partial charge on any atom is -0.375 e. The van der Waals surface area contributed by atoms with Crippen LogP contribution in [0.1, 0.15) is 10.9 Å². The van der Waals surface area contributed by atoms with Gasteiger partial charge in [0, 0.05) is 25.8 Å². The molecule has 0 radical (unpaired) electrons. The Labute approximate surface area is 146 Å². The van der Waals surface area contributed by atoms with Crippen molar-refractivity contribution in [2.45, 2.75) is 18.1 Å². The molecule has 2 atom stereocenters. The number of ether oxygens (including phenoxy) is 1. The molecular formula is C14H20F3N5O2S. The van der Waals surface area contributed by atoms with Crippen LogP contribution in [0.2, 0.25) is 0 Å². The van der Waals surface area contributed by atoms with Gasteiger partial charge in [0.25, 0.3) is 5.92 Å². The Kier molecular flexibility index (Phi) is 5.35. The molecule has 3 heterocycles. The predicted molar refractivity (Wildman–Crippen MR) is 86.5 cm³/mol. The topological polar surface area (TPSA) is 83.7 Å². The third kappa shape index (κ3) is 4.33. The zero-order chi connectivity index (χ0) is 18.0. The van der Waals surface area contributed by atoms with E-state index in [-0.39, 0.29) is 6.54 Å². The molecule has 1 aromatic heterocycles. The fourth-order valence-electron chi connectivity index (χ4n) is 3.02. The number of hydrogen-bond acceptors (Lipinski definition) is 6. The number of nitrogens with two attached hydrogens (primary N) is 1. The third-order valence-corrected chi connectivity index (χ3v) is 5.16. The summed E-state index contributed by atoms with van der Waals surface area (Å²) in [5.41, 5.74) is 5.67. The number of amides is 2. The molecule has 11 heteroatoms. The largest absolute Gasteiger partial charge is 0.375 e. The number of urea groups is 1. The lowest BCUT2D eigenvalue weighted by molar-refractivity contribution is -0.0617. The van der Waals surface area contributed by atoms with Gasteiger partial charge < -0.3 is 20.7 Å². The molecule has 3 rings (SSSR count). The van der Waals surface area contributed by atoms with E-state index in [2.05, 4.69) is 10.3 Å². The van der Waals surface area contributed by atoms with E-state index in [4.69, 9.17) is 10.5 Å². The molecule has 0 saturated carbocycles. The Morgan fingerprint density at radius 2 is 2.36 bits per heavy atom. The minimum absolute atomic E-state index is 0.283. The highest BCUT2D eigenvalue weighted by molar-refractivity contribution is 7.15. The van der Waals surface area contributed by atoms with Crippen LogP contribution in [0.5, 0.6) is 0 Å². The number of carbonyl (C=O) groups excluding carboxylic acids is 1. The van der Waals surface area contributed by atoms with Gasteiger partial charge in [-0.3, -0.25) is 4.90 Å². The first-order valence-electron chi connectivity index (χ1n) is 7.91. The molecule has 140 valence electrons. The average molecular weight is 379 g/mol. The van der Waals surface area contributed by atoms with Crippen molar-refractivity contribution >= 4 is 22.5 Å². The molecule has 7 nitrogen and oxygen atoms in total. The summed E-state index contributed by atoms with van der Waals surface area (Å²) in [4.78, 5) is 19.8. The van der Waals surface area contributed by atoms with Crippen LogP contribution in [0.4, 0.5) is 23.1 Å². The number of anilines is 1. The molecule has 1 aromatic rings. The molecule has 25 heavy (non-hydrogen) atoms. The molecule has 0 aliphatic carbocycles. The second-order valence-electron chi connectivity index (χ2n) is 6.17. The Hall–Kier alpha value is -1.59. The van der Waals surface area contributed by atoms with Gasteiger partial charge in [0.2, 0.25) is 0 Å². The first-order chi connectivity index (χ1) is 11.9. The van der Waals surface area contributed by atoms with Crippen molar-refractivity contribution in [1.82, 2.24) is 20.1 Å². The molecule has 3 N–H and O–H groups in total. The van der Waals surface area contributed by atoms with Gasteiger partial charge in [0.05, 0.1) is 36.7 Å². The summed E-state index contributed by atoms with van der Waals surface area (Å²) in [6.07, 6.45) is 0.954. The molecule has 0 bridgehead atoms. The zero-order valence-electron chi connectivity index (χ0n) is 13.5. The highest BCUT2D eigenvalue weighted by Crippen LogP contribution is 2.32. The quantitative estimate of drug-likeness (QED) is 0.800. The van der Waals surface area contributed by atoms with Gasteiger partial charge in [-0.25, -0.2) is 22.9 Å². The minimum atomic E-state index is -3.02. The maximum absolute atomic E-state index is 13.8. The maximum atomic E-state index is 13.8. The van der Waals surface area contributed by atoms with Crippen molar-refractivity contribution in [3.8, 4) is 0 Å². The highest BCUT2D eigenvalue weighted by atomic mass is 32.1. The van der Waals surface area contributed by atoms with Gasteiger partial charge in [0.15, 0.2) is 5.13 Å². The lowest BCUT2D eigenvalue weighted by Crippen LogP contribution is -2.59. The van der Waals surface area contributed by atoms with Crippen molar-refractivity contribution in [3.63, 3.8) is 0 Å². The second kappa shape index (κ2) is 7.34. The van der Waals surface area contributed by atoms with Crippen molar-refractivity contribution in [2.24, 2.45) is 0 Å². The lowest BCUT2D eigenvalue weighted by Gasteiger charge is -2.41. The van der Waals surface area contributed by atoms with Crippen LogP contribution in [0.3, 0.4) is 0 Å². The van der Waals surface area contributed by atoms with Gasteiger partial charge in [-0.1, -0.05) is 0 Å². The maximum Gasteiger partial charge on any atom is 0.318 e. The van der Waals surface area contributed by atoms with E-state index in [1.807, 2.05) is 4.90 Å². The number of morpholine rings is 1. The number of rotatable bonds is 5. The number of halogens is 3. The number of nitrogens with one attached hydrogen (secondary N) is 1.